The van der Waals surface area contributed by atoms with Crippen molar-refractivity contribution in [1.82, 2.24) is 0 Å². The largest absolute Gasteiger partial charge is 0.463 e. The topological polar surface area (TPSA) is 52.6 Å². The molecule has 0 spiro atoms. The van der Waals surface area contributed by atoms with Crippen molar-refractivity contribution in [2.45, 2.75) is 77.6 Å². The fourth-order valence-electron chi connectivity index (χ4n) is 2.50. The van der Waals surface area contributed by atoms with Crippen LogP contribution >= 0.6 is 0 Å². The Labute approximate surface area is 165 Å². The fourth-order valence-corrected chi connectivity index (χ4v) is 2.50. The number of carbonyl (C=O) groups excluding carboxylic acids is 2. The van der Waals surface area contributed by atoms with Crippen molar-refractivity contribution in [1.29, 1.82) is 0 Å². The molecule has 0 aromatic heterocycles. The van der Waals surface area contributed by atoms with Crippen molar-refractivity contribution >= 4 is 11.9 Å². The Morgan fingerprint density at radius 2 is 1.48 bits per heavy atom. The van der Waals surface area contributed by atoms with Crippen LogP contribution in [0.4, 0.5) is 0 Å². The zero-order valence-corrected chi connectivity index (χ0v) is 16.9. The van der Waals surface area contributed by atoms with Gasteiger partial charge in [-0.3, -0.25) is 0 Å². The summed E-state index contributed by atoms with van der Waals surface area (Å²) in [5, 5.41) is 0. The normalized spacial score (nSPS) is 11.8. The molecule has 0 radical (unpaired) electrons. The Hall–Kier alpha value is -2.10. The summed E-state index contributed by atoms with van der Waals surface area (Å²) in [5.41, 5.74) is 0. The predicted octanol–water partition coefficient (Wildman–Crippen LogP) is 6.20. The van der Waals surface area contributed by atoms with E-state index < -0.39 is 5.97 Å². The van der Waals surface area contributed by atoms with E-state index in [1.165, 1.54) is 63.9 Å². The molecule has 4 nitrogen and oxygen atoms in total. The van der Waals surface area contributed by atoms with Gasteiger partial charge in [-0.05, 0) is 12.5 Å². The number of unbranched alkanes of at least 4 members (excludes halogenated alkanes) is 9. The molecule has 1 aliphatic carbocycles. The highest BCUT2D eigenvalue weighted by Gasteiger charge is 2.03. The summed E-state index contributed by atoms with van der Waals surface area (Å²) in [6, 6.07) is 0. The second kappa shape index (κ2) is 18.7. The molecule has 0 bridgehead atoms. The maximum Gasteiger partial charge on any atom is 0.335 e. The van der Waals surface area contributed by atoms with E-state index in [4.69, 9.17) is 9.47 Å². The van der Waals surface area contributed by atoms with Crippen LogP contribution in [0.1, 0.15) is 77.6 Å². The zero-order chi connectivity index (χ0) is 20.2. The average molecular weight is 377 g/mol. The van der Waals surface area contributed by atoms with E-state index in [1.807, 2.05) is 12.2 Å². The van der Waals surface area contributed by atoms with Crippen LogP contribution in [0.5, 0.6) is 0 Å². The lowest BCUT2D eigenvalue weighted by atomic mass is 10.1. The third kappa shape index (κ3) is 17.1. The molecule has 4 heteroatoms. The third-order valence-electron chi connectivity index (χ3n) is 4.04. The van der Waals surface area contributed by atoms with Crippen LogP contribution in [-0.2, 0) is 19.1 Å². The summed E-state index contributed by atoms with van der Waals surface area (Å²) >= 11 is 0. The van der Waals surface area contributed by atoms with Crippen LogP contribution in [0.15, 0.2) is 49.3 Å². The van der Waals surface area contributed by atoms with Gasteiger partial charge in [0, 0.05) is 18.6 Å². The number of carbonyl (C=O) groups is 2. The third-order valence-corrected chi connectivity index (χ3v) is 4.04. The number of hydrogen-bond acceptors (Lipinski definition) is 4. The van der Waals surface area contributed by atoms with E-state index in [1.54, 1.807) is 6.08 Å². The molecule has 0 atom stereocenters. The first-order chi connectivity index (χ1) is 13.1. The molecule has 0 unspecified atom stereocenters. The average Bonchev–Trinajstić information content (AvgIpc) is 3.19. The van der Waals surface area contributed by atoms with Crippen LogP contribution in [0.25, 0.3) is 0 Å². The molecule has 0 heterocycles. The summed E-state index contributed by atoms with van der Waals surface area (Å²) < 4.78 is 9.71. The second-order valence-corrected chi connectivity index (χ2v) is 6.44. The molecule has 27 heavy (non-hydrogen) atoms. The number of esters is 2. The number of ether oxygens (including phenoxy) is 2. The minimum absolute atomic E-state index is 0.305. The number of hydrogen-bond donors (Lipinski definition) is 0. The van der Waals surface area contributed by atoms with Crippen molar-refractivity contribution in [3.8, 4) is 0 Å². The number of rotatable bonds is 14. The van der Waals surface area contributed by atoms with E-state index in [9.17, 15) is 9.59 Å². The zero-order valence-electron chi connectivity index (χ0n) is 16.9. The van der Waals surface area contributed by atoms with Gasteiger partial charge in [-0.25, -0.2) is 9.59 Å². The maximum atomic E-state index is 10.7. The quantitative estimate of drug-likeness (QED) is 0.206. The van der Waals surface area contributed by atoms with Crippen LogP contribution in [-0.4, -0.2) is 18.5 Å². The summed E-state index contributed by atoms with van der Waals surface area (Å²) in [7, 11) is 0. The van der Waals surface area contributed by atoms with Crippen LogP contribution in [0.3, 0.4) is 0 Å². The van der Waals surface area contributed by atoms with Gasteiger partial charge in [0.15, 0.2) is 0 Å². The minimum atomic E-state index is -0.394. The minimum Gasteiger partial charge on any atom is -0.463 e. The molecule has 0 fully saturated rings. The van der Waals surface area contributed by atoms with Crippen molar-refractivity contribution in [3.05, 3.63) is 49.3 Å². The first kappa shape index (κ1) is 24.9. The summed E-state index contributed by atoms with van der Waals surface area (Å²) in [6.45, 7) is 9.43. The highest BCUT2D eigenvalue weighted by Crippen LogP contribution is 2.11. The summed E-state index contributed by atoms with van der Waals surface area (Å²) in [5.74, 6) is -0.0132. The van der Waals surface area contributed by atoms with E-state index in [-0.39, 0.29) is 5.97 Å². The summed E-state index contributed by atoms with van der Waals surface area (Å²) in [6.07, 6.45) is 21.6. The molecular weight excluding hydrogens is 340 g/mol. The monoisotopic (exact) mass is 376 g/mol. The van der Waals surface area contributed by atoms with E-state index in [0.29, 0.717) is 18.8 Å². The van der Waals surface area contributed by atoms with Crippen LogP contribution in [0.2, 0.25) is 0 Å². The van der Waals surface area contributed by atoms with Gasteiger partial charge in [0.05, 0.1) is 6.61 Å². The standard InChI is InChI=1S/C15H28O2.C8H8O2/c1-3-5-6-7-8-9-10-11-12-13-14-17-15(16)4-2;1-2-8(9)10-7-5-3-4-6-7/h4H,2-3,5-14H2,1H3;2-5H,1,6H2. The van der Waals surface area contributed by atoms with Gasteiger partial charge in [0.2, 0.25) is 0 Å². The molecule has 0 amide bonds. The first-order valence-electron chi connectivity index (χ1n) is 10.1. The Bertz CT molecular complexity index is 489. The van der Waals surface area contributed by atoms with Crippen molar-refractivity contribution < 1.29 is 19.1 Å². The van der Waals surface area contributed by atoms with Crippen molar-refractivity contribution in [2.75, 3.05) is 6.61 Å². The molecule has 1 rings (SSSR count). The molecule has 0 saturated heterocycles. The van der Waals surface area contributed by atoms with E-state index >= 15 is 0 Å². The Morgan fingerprint density at radius 3 is 1.96 bits per heavy atom. The Morgan fingerprint density at radius 1 is 0.926 bits per heavy atom. The smallest absolute Gasteiger partial charge is 0.335 e. The first-order valence-corrected chi connectivity index (χ1v) is 10.1. The Kier molecular flexibility index (Phi) is 17.2. The molecule has 0 saturated carbocycles. The van der Waals surface area contributed by atoms with Gasteiger partial charge >= 0.3 is 11.9 Å². The van der Waals surface area contributed by atoms with Crippen LogP contribution < -0.4 is 0 Å². The predicted molar refractivity (Wildman–Crippen MR) is 111 cm³/mol. The molecular formula is C23H36O4. The van der Waals surface area contributed by atoms with Gasteiger partial charge < -0.3 is 9.47 Å². The van der Waals surface area contributed by atoms with Crippen molar-refractivity contribution in [3.63, 3.8) is 0 Å². The maximum absolute atomic E-state index is 10.7. The Balaban J connectivity index is 0.000000569. The lowest BCUT2D eigenvalue weighted by molar-refractivity contribution is -0.138. The lowest BCUT2D eigenvalue weighted by Gasteiger charge is -2.03. The van der Waals surface area contributed by atoms with Crippen LogP contribution in [0, 0.1) is 0 Å². The molecule has 152 valence electrons. The molecule has 0 N–H and O–H groups in total. The lowest BCUT2D eigenvalue weighted by Crippen LogP contribution is -2.01. The molecule has 1 aliphatic rings. The van der Waals surface area contributed by atoms with Gasteiger partial charge in [-0.15, -0.1) is 0 Å². The SMILES string of the molecule is C=CC(=O)OC1=CC=CC1.C=CC(=O)OCCCCCCCCCCCC. The fraction of sp³-hybridized carbons (Fsp3) is 0.565. The van der Waals surface area contributed by atoms with Gasteiger partial charge in [0.25, 0.3) is 0 Å². The summed E-state index contributed by atoms with van der Waals surface area (Å²) in [4.78, 5) is 21.3. The van der Waals surface area contributed by atoms with Gasteiger partial charge in [-0.2, -0.15) is 0 Å². The highest BCUT2D eigenvalue weighted by molar-refractivity contribution is 5.82. The van der Waals surface area contributed by atoms with E-state index in [0.717, 1.165) is 12.5 Å². The van der Waals surface area contributed by atoms with Gasteiger partial charge in [-0.1, -0.05) is 90.0 Å². The number of allylic oxidation sites excluding steroid dienone is 3. The second-order valence-electron chi connectivity index (χ2n) is 6.44. The molecule has 0 aliphatic heterocycles. The highest BCUT2D eigenvalue weighted by atomic mass is 16.5. The molecule has 0 aromatic rings. The van der Waals surface area contributed by atoms with E-state index in [2.05, 4.69) is 20.1 Å². The van der Waals surface area contributed by atoms with Gasteiger partial charge in [0.1, 0.15) is 5.76 Å². The van der Waals surface area contributed by atoms with Crippen molar-refractivity contribution in [2.24, 2.45) is 0 Å². The molecule has 0 aromatic carbocycles.